The highest BCUT2D eigenvalue weighted by atomic mass is 16.5. The van der Waals surface area contributed by atoms with Gasteiger partial charge in [-0.15, -0.1) is 5.76 Å². The summed E-state index contributed by atoms with van der Waals surface area (Å²) in [5.41, 5.74) is 15.9. The summed E-state index contributed by atoms with van der Waals surface area (Å²) in [4.78, 5) is 17.1. The molecule has 0 saturated carbocycles. The minimum absolute atomic E-state index is 0.0152. The summed E-state index contributed by atoms with van der Waals surface area (Å²) in [6.07, 6.45) is 18.0. The Morgan fingerprint density at radius 1 is 0.952 bits per heavy atom. The third kappa shape index (κ3) is 11.1. The van der Waals surface area contributed by atoms with Gasteiger partial charge in [-0.2, -0.15) is 0 Å². The molecule has 62 heavy (non-hydrogen) atoms. The van der Waals surface area contributed by atoms with Gasteiger partial charge in [0.05, 0.1) is 18.7 Å². The smallest absolute Gasteiger partial charge is 0.161 e. The number of phenolic OH excluding ortho intramolecular Hbond substituents is 2. The Kier molecular flexibility index (Phi) is 14.8. The fourth-order valence-corrected chi connectivity index (χ4v) is 8.47. The molecule has 0 amide bonds. The number of aliphatic hydroxyl groups is 1. The van der Waals surface area contributed by atoms with E-state index in [-0.39, 0.29) is 42.7 Å². The maximum atomic E-state index is 13.9. The van der Waals surface area contributed by atoms with Crippen LogP contribution in [0.1, 0.15) is 114 Å². The van der Waals surface area contributed by atoms with Crippen molar-refractivity contribution in [1.82, 2.24) is 5.32 Å². The molecule has 9 nitrogen and oxygen atoms in total. The third-order valence-corrected chi connectivity index (χ3v) is 12.0. The van der Waals surface area contributed by atoms with Crippen LogP contribution in [0.2, 0.25) is 0 Å². The summed E-state index contributed by atoms with van der Waals surface area (Å²) in [6, 6.07) is 23.0. The molecule has 0 radical (unpaired) electrons. The lowest BCUT2D eigenvalue weighted by Gasteiger charge is -2.29. The molecular formula is C53H56N3O6-. The second-order valence-corrected chi connectivity index (χ2v) is 16.5. The molecule has 2 aliphatic heterocycles. The number of ketones is 1. The van der Waals surface area contributed by atoms with E-state index in [0.717, 1.165) is 65.5 Å². The fraction of sp³-hybridized carbons (Fsp3) is 0.321. The zero-order valence-corrected chi connectivity index (χ0v) is 35.4. The average Bonchev–Trinajstić information content (AvgIpc) is 3.75. The van der Waals surface area contributed by atoms with Gasteiger partial charge in [0.15, 0.2) is 17.3 Å². The summed E-state index contributed by atoms with van der Waals surface area (Å²) >= 11 is 0. The number of carbonyl (C=O) groups is 1. The number of aliphatic imine (C=N–C) groups is 1. The minimum Gasteiger partial charge on any atom is -0.875 e. The van der Waals surface area contributed by atoms with Gasteiger partial charge < -0.3 is 36.2 Å². The lowest BCUT2D eigenvalue weighted by Crippen LogP contribution is -2.27. The van der Waals surface area contributed by atoms with Crippen LogP contribution < -0.4 is 20.9 Å². The number of phenols is 2. The first-order valence-corrected chi connectivity index (χ1v) is 21.8. The number of allylic oxidation sites excluding steroid dienone is 5. The number of hydrogen-bond donors (Lipinski definition) is 5. The predicted octanol–water partition coefficient (Wildman–Crippen LogP) is 8.14. The van der Waals surface area contributed by atoms with Crippen LogP contribution in [-0.4, -0.2) is 40.0 Å². The molecule has 0 spiro atoms. The van der Waals surface area contributed by atoms with Crippen LogP contribution >= 0.6 is 0 Å². The molecule has 6 N–H and O–H groups in total. The first kappa shape index (κ1) is 43.7. The van der Waals surface area contributed by atoms with E-state index in [4.69, 9.17) is 10.5 Å². The maximum Gasteiger partial charge on any atom is 0.161 e. The zero-order chi connectivity index (χ0) is 43.4. The van der Waals surface area contributed by atoms with E-state index in [9.17, 15) is 25.2 Å². The minimum atomic E-state index is -0.511. The van der Waals surface area contributed by atoms with Gasteiger partial charge in [-0.3, -0.25) is 9.79 Å². The molecular weight excluding hydrogens is 775 g/mol. The number of benzene rings is 4. The Hall–Kier alpha value is -6.34. The number of nitrogens with zero attached hydrogens (tertiary/aromatic N) is 1. The van der Waals surface area contributed by atoms with Crippen molar-refractivity contribution in [2.24, 2.45) is 16.6 Å². The van der Waals surface area contributed by atoms with E-state index in [0.29, 0.717) is 60.6 Å². The van der Waals surface area contributed by atoms with Gasteiger partial charge in [0, 0.05) is 42.7 Å². The van der Waals surface area contributed by atoms with Crippen LogP contribution in [0.15, 0.2) is 120 Å². The summed E-state index contributed by atoms with van der Waals surface area (Å²) in [5.74, 6) is 7.03. The number of aliphatic hydroxyl groups excluding tert-OH is 1. The van der Waals surface area contributed by atoms with Crippen LogP contribution in [0.4, 0.5) is 0 Å². The van der Waals surface area contributed by atoms with E-state index < -0.39 is 12.1 Å². The number of rotatable bonds is 18. The normalized spacial score (nSPS) is 17.0. The number of ether oxygens (including phenoxy) is 1. The highest BCUT2D eigenvalue weighted by Crippen LogP contribution is 2.41. The van der Waals surface area contributed by atoms with Crippen LogP contribution in [-0.2, 0) is 30.5 Å². The van der Waals surface area contributed by atoms with Crippen molar-refractivity contribution in [1.29, 1.82) is 0 Å². The Morgan fingerprint density at radius 2 is 1.74 bits per heavy atom. The standard InChI is InChI=1S/C53H57N3O6/c1-35(14-18-38-9-5-6-10-39(38)24-28-57)8-3-2-4-12-42(58)19-15-36-17-21-50(60)52(31-36)62-29-25-37-16-20-49(59)47(30-37)46-34-51(61)43-23-27-55-48(43)13-7-11-40-33-45-41(32-44(40)46)22-26-56-53(45)54/h4-6,9-10,12,16-17,20-23,26-27,30-33,35,46,53,56-57,59-61H,2-3,8,13-15,18-19,24-25,28-29,34,54H2,1H3/p-1/b12-4+,51-43?/t35-,46-,53+/m1/s1. The topological polar surface area (TPSA) is 160 Å². The van der Waals surface area contributed by atoms with E-state index >= 15 is 0 Å². The first-order valence-electron chi connectivity index (χ1n) is 21.8. The summed E-state index contributed by atoms with van der Waals surface area (Å²) in [7, 11) is 0. The van der Waals surface area contributed by atoms with Gasteiger partial charge in [0.1, 0.15) is 11.9 Å². The molecule has 0 fully saturated rings. The van der Waals surface area contributed by atoms with Gasteiger partial charge in [0.25, 0.3) is 0 Å². The number of unbranched alkanes of at least 4 members (excludes halogenated alkanes) is 1. The molecule has 0 unspecified atom stereocenters. The number of aromatic hydroxyl groups is 2. The number of nitrogens with two attached hydrogens (primary N) is 1. The van der Waals surface area contributed by atoms with Crippen LogP contribution in [0.3, 0.4) is 0 Å². The number of nitrogens with one attached hydrogen (secondary N) is 1. The van der Waals surface area contributed by atoms with Crippen molar-refractivity contribution >= 4 is 17.6 Å². The number of fused-ring (bicyclic) bond motifs is 3. The molecule has 3 atom stereocenters. The Labute approximate surface area is 365 Å². The molecule has 2 heterocycles. The summed E-state index contributed by atoms with van der Waals surface area (Å²) in [6.45, 7) is 2.69. The predicted molar refractivity (Wildman–Crippen MR) is 244 cm³/mol. The van der Waals surface area contributed by atoms with Crippen molar-refractivity contribution in [3.63, 3.8) is 0 Å². The molecule has 4 aromatic rings. The highest BCUT2D eigenvalue weighted by Gasteiger charge is 2.26. The van der Waals surface area contributed by atoms with Gasteiger partial charge in [0.2, 0.25) is 0 Å². The first-order chi connectivity index (χ1) is 30.2. The van der Waals surface area contributed by atoms with Gasteiger partial charge in [-0.1, -0.05) is 73.7 Å². The second-order valence-electron chi connectivity index (χ2n) is 16.5. The maximum absolute atomic E-state index is 13.9. The van der Waals surface area contributed by atoms with E-state index in [1.54, 1.807) is 36.6 Å². The third-order valence-electron chi connectivity index (χ3n) is 12.0. The number of carbonyl (C=O) groups excluding carboxylic acids is 1. The molecule has 7 rings (SSSR count). The lowest BCUT2D eigenvalue weighted by atomic mass is 9.80. The van der Waals surface area contributed by atoms with Crippen molar-refractivity contribution in [2.45, 2.75) is 89.6 Å². The SMILES string of the molecule is C[C@H](CCC/C=C/C(=O)CCc1ccc(O)c(OCCc2ccc(O)c([C@@H]3CC([O-])=C4C=CN=C4CC#Cc4cc5c(cc43)C=CN[C@@H]5N)c2)c1)CCc1ccccc1CCO. The summed E-state index contributed by atoms with van der Waals surface area (Å²) in [5, 5.41) is 48.4. The van der Waals surface area contributed by atoms with Crippen molar-refractivity contribution in [3.05, 3.63) is 165 Å². The van der Waals surface area contributed by atoms with Gasteiger partial charge >= 0.3 is 0 Å². The van der Waals surface area contributed by atoms with Crippen LogP contribution in [0.5, 0.6) is 17.2 Å². The molecule has 3 aliphatic rings. The molecule has 9 heteroatoms. The number of hydrogen-bond acceptors (Lipinski definition) is 9. The molecule has 4 aromatic carbocycles. The molecule has 0 aromatic heterocycles. The van der Waals surface area contributed by atoms with E-state index in [1.807, 2.05) is 54.8 Å². The Morgan fingerprint density at radius 3 is 2.56 bits per heavy atom. The second kappa shape index (κ2) is 21.0. The van der Waals surface area contributed by atoms with Crippen LogP contribution in [0, 0.1) is 17.8 Å². The lowest BCUT2D eigenvalue weighted by molar-refractivity contribution is -0.307. The highest BCUT2D eigenvalue weighted by molar-refractivity contribution is 6.06. The monoisotopic (exact) mass is 830 g/mol. The summed E-state index contributed by atoms with van der Waals surface area (Å²) < 4.78 is 6.09. The fourth-order valence-electron chi connectivity index (χ4n) is 8.47. The van der Waals surface area contributed by atoms with Crippen molar-refractivity contribution < 1.29 is 30.0 Å². The largest absolute Gasteiger partial charge is 0.875 e. The Bertz CT molecular complexity index is 2480. The average molecular weight is 831 g/mol. The van der Waals surface area contributed by atoms with Crippen molar-refractivity contribution in [2.75, 3.05) is 13.2 Å². The molecule has 1 aliphatic carbocycles. The van der Waals surface area contributed by atoms with Crippen molar-refractivity contribution in [3.8, 4) is 29.1 Å². The molecule has 320 valence electrons. The molecule has 0 bridgehead atoms. The van der Waals surface area contributed by atoms with Gasteiger partial charge in [-0.25, -0.2) is 0 Å². The molecule has 0 saturated heterocycles. The number of aryl methyl sites for hydroxylation is 2. The van der Waals surface area contributed by atoms with E-state index in [2.05, 4.69) is 47.3 Å². The Balaban J connectivity index is 0.944. The zero-order valence-electron chi connectivity index (χ0n) is 35.4. The van der Waals surface area contributed by atoms with Crippen LogP contribution in [0.25, 0.3) is 6.08 Å². The van der Waals surface area contributed by atoms with E-state index in [1.165, 1.54) is 11.1 Å². The van der Waals surface area contributed by atoms with Gasteiger partial charge in [-0.05, 0) is 150 Å². The quantitative estimate of drug-likeness (QED) is 0.0382.